The summed E-state index contributed by atoms with van der Waals surface area (Å²) in [6.07, 6.45) is 0.260. The van der Waals surface area contributed by atoms with Crippen LogP contribution in [0.3, 0.4) is 0 Å². The standard InChI is InChI=1S/C26H23FN2O4S/c1-15-8-9-16-12-17-13-22(34-25(17)29-21(16)11-15)26(31)33-23(19-6-2-3-7-20(19)27)24(30)28-14-18-5-4-10-32-18/h2-3,6-9,11-13,18,23H,4-5,10,14H2,1H3,(H,28,30)/t18-,23-/m0/s1. The molecule has 2 aromatic heterocycles. The van der Waals surface area contributed by atoms with Crippen LogP contribution in [0.25, 0.3) is 21.1 Å². The molecule has 1 aliphatic rings. The first kappa shape index (κ1) is 22.4. The zero-order chi connectivity index (χ0) is 23.7. The highest BCUT2D eigenvalue weighted by Crippen LogP contribution is 2.30. The molecule has 3 heterocycles. The molecule has 1 N–H and O–H groups in total. The molecular formula is C26H23FN2O4S. The van der Waals surface area contributed by atoms with Gasteiger partial charge in [-0.2, -0.15) is 0 Å². The number of fused-ring (bicyclic) bond motifs is 2. The molecule has 4 aromatic rings. The summed E-state index contributed by atoms with van der Waals surface area (Å²) in [7, 11) is 0. The zero-order valence-corrected chi connectivity index (χ0v) is 19.4. The molecule has 1 amide bonds. The molecule has 0 aliphatic carbocycles. The first-order valence-electron chi connectivity index (χ1n) is 11.1. The van der Waals surface area contributed by atoms with Gasteiger partial charge in [0.2, 0.25) is 6.10 Å². The molecule has 2 atom stereocenters. The third-order valence-electron chi connectivity index (χ3n) is 5.84. The van der Waals surface area contributed by atoms with Crippen LogP contribution in [0.1, 0.15) is 39.7 Å². The van der Waals surface area contributed by atoms with E-state index in [1.807, 2.05) is 31.2 Å². The van der Waals surface area contributed by atoms with Crippen LogP contribution < -0.4 is 5.32 Å². The number of aromatic nitrogens is 1. The van der Waals surface area contributed by atoms with Crippen LogP contribution in [-0.4, -0.2) is 36.1 Å². The van der Waals surface area contributed by atoms with E-state index in [2.05, 4.69) is 10.3 Å². The van der Waals surface area contributed by atoms with Crippen molar-refractivity contribution in [1.29, 1.82) is 0 Å². The fraction of sp³-hybridized carbons (Fsp3) is 0.269. The highest BCUT2D eigenvalue weighted by Gasteiger charge is 2.30. The van der Waals surface area contributed by atoms with Gasteiger partial charge in [0.15, 0.2) is 0 Å². The number of carbonyl (C=O) groups excluding carboxylic acids is 2. The van der Waals surface area contributed by atoms with E-state index in [0.29, 0.717) is 16.3 Å². The van der Waals surface area contributed by atoms with Gasteiger partial charge in [-0.05, 0) is 49.6 Å². The number of hydrogen-bond donors (Lipinski definition) is 1. The molecule has 8 heteroatoms. The number of benzene rings is 2. The summed E-state index contributed by atoms with van der Waals surface area (Å²) in [6.45, 7) is 2.93. The minimum Gasteiger partial charge on any atom is -0.443 e. The maximum absolute atomic E-state index is 14.6. The number of nitrogens with zero attached hydrogens (tertiary/aromatic N) is 1. The number of nitrogens with one attached hydrogen (secondary N) is 1. The van der Waals surface area contributed by atoms with Crippen LogP contribution in [-0.2, 0) is 14.3 Å². The summed E-state index contributed by atoms with van der Waals surface area (Å²) < 4.78 is 25.7. The summed E-state index contributed by atoms with van der Waals surface area (Å²) in [5, 5.41) is 4.51. The smallest absolute Gasteiger partial charge is 0.349 e. The number of ether oxygens (including phenoxy) is 2. The molecule has 0 saturated carbocycles. The van der Waals surface area contributed by atoms with E-state index < -0.39 is 23.8 Å². The number of carbonyl (C=O) groups is 2. The lowest BCUT2D eigenvalue weighted by molar-refractivity contribution is -0.131. The van der Waals surface area contributed by atoms with E-state index in [0.717, 1.165) is 34.7 Å². The molecule has 2 aromatic carbocycles. The van der Waals surface area contributed by atoms with Gasteiger partial charge in [0.1, 0.15) is 15.5 Å². The second kappa shape index (κ2) is 9.48. The number of esters is 1. The Kier molecular flexibility index (Phi) is 6.26. The number of thiophene rings is 1. The Morgan fingerprint density at radius 1 is 1.21 bits per heavy atom. The molecule has 0 radical (unpaired) electrons. The molecule has 1 fully saturated rings. The lowest BCUT2D eigenvalue weighted by Crippen LogP contribution is -2.37. The van der Waals surface area contributed by atoms with Crippen molar-refractivity contribution in [3.05, 3.63) is 76.4 Å². The minimum absolute atomic E-state index is 0.00106. The summed E-state index contributed by atoms with van der Waals surface area (Å²) >= 11 is 1.18. The number of hydrogen-bond acceptors (Lipinski definition) is 6. The summed E-state index contributed by atoms with van der Waals surface area (Å²) in [4.78, 5) is 31.7. The molecule has 34 heavy (non-hydrogen) atoms. The van der Waals surface area contributed by atoms with Gasteiger partial charge in [-0.25, -0.2) is 14.2 Å². The van der Waals surface area contributed by atoms with Gasteiger partial charge in [0.05, 0.1) is 11.6 Å². The van der Waals surface area contributed by atoms with Crippen LogP contribution in [0, 0.1) is 12.7 Å². The molecule has 5 rings (SSSR count). The quantitative estimate of drug-likeness (QED) is 0.391. The minimum atomic E-state index is -1.42. The Morgan fingerprint density at radius 2 is 2.06 bits per heavy atom. The van der Waals surface area contributed by atoms with Crippen LogP contribution in [0.2, 0.25) is 0 Å². The molecule has 174 valence electrons. The number of rotatable bonds is 6. The highest BCUT2D eigenvalue weighted by molar-refractivity contribution is 7.20. The summed E-state index contributed by atoms with van der Waals surface area (Å²) in [5.41, 5.74) is 1.94. The largest absolute Gasteiger partial charge is 0.443 e. The maximum Gasteiger partial charge on any atom is 0.349 e. The van der Waals surface area contributed by atoms with Crippen molar-refractivity contribution in [2.75, 3.05) is 13.2 Å². The van der Waals surface area contributed by atoms with Gasteiger partial charge < -0.3 is 14.8 Å². The van der Waals surface area contributed by atoms with Crippen LogP contribution >= 0.6 is 11.3 Å². The summed E-state index contributed by atoms with van der Waals surface area (Å²) in [5.74, 6) is -1.91. The SMILES string of the molecule is Cc1ccc2cc3cc(C(=O)O[C@H](C(=O)NC[C@@H]4CCCO4)c4ccccc4F)sc3nc2c1. The van der Waals surface area contributed by atoms with Crippen molar-refractivity contribution in [2.24, 2.45) is 0 Å². The van der Waals surface area contributed by atoms with E-state index in [9.17, 15) is 14.0 Å². The van der Waals surface area contributed by atoms with E-state index in [-0.39, 0.29) is 18.2 Å². The lowest BCUT2D eigenvalue weighted by Gasteiger charge is -2.19. The Labute approximate surface area is 199 Å². The molecule has 1 aliphatic heterocycles. The van der Waals surface area contributed by atoms with Crippen molar-refractivity contribution < 1.29 is 23.5 Å². The van der Waals surface area contributed by atoms with Gasteiger partial charge in [-0.3, -0.25) is 4.79 Å². The van der Waals surface area contributed by atoms with Crippen molar-refractivity contribution in [3.8, 4) is 0 Å². The van der Waals surface area contributed by atoms with Crippen LogP contribution in [0.15, 0.2) is 54.6 Å². The molecule has 0 spiro atoms. The fourth-order valence-corrected chi connectivity index (χ4v) is 4.97. The maximum atomic E-state index is 14.6. The number of amides is 1. The predicted molar refractivity (Wildman–Crippen MR) is 128 cm³/mol. The molecular weight excluding hydrogens is 455 g/mol. The number of pyridine rings is 1. The lowest BCUT2D eigenvalue weighted by atomic mass is 10.1. The van der Waals surface area contributed by atoms with Crippen LogP contribution in [0.5, 0.6) is 0 Å². The van der Waals surface area contributed by atoms with Gasteiger partial charge >= 0.3 is 5.97 Å². The molecule has 0 unspecified atom stereocenters. The van der Waals surface area contributed by atoms with Gasteiger partial charge in [0.25, 0.3) is 5.91 Å². The Bertz CT molecular complexity index is 1380. The molecule has 6 nitrogen and oxygen atoms in total. The number of halogens is 1. The van der Waals surface area contributed by atoms with Gasteiger partial charge in [0, 0.05) is 29.5 Å². The second-order valence-electron chi connectivity index (χ2n) is 8.38. The van der Waals surface area contributed by atoms with Crippen molar-refractivity contribution >= 4 is 44.3 Å². The van der Waals surface area contributed by atoms with Crippen molar-refractivity contribution in [1.82, 2.24) is 10.3 Å². The van der Waals surface area contributed by atoms with Crippen molar-refractivity contribution in [2.45, 2.75) is 32.0 Å². The van der Waals surface area contributed by atoms with Gasteiger partial charge in [-0.15, -0.1) is 11.3 Å². The third-order valence-corrected chi connectivity index (χ3v) is 6.86. The Morgan fingerprint density at radius 3 is 2.85 bits per heavy atom. The Hall–Kier alpha value is -3.36. The third kappa shape index (κ3) is 4.64. The van der Waals surface area contributed by atoms with E-state index in [4.69, 9.17) is 9.47 Å². The zero-order valence-electron chi connectivity index (χ0n) is 18.5. The average molecular weight is 479 g/mol. The highest BCUT2D eigenvalue weighted by atomic mass is 32.1. The summed E-state index contributed by atoms with van der Waals surface area (Å²) in [6, 6.07) is 15.4. The normalized spacial score (nSPS) is 16.6. The average Bonchev–Trinajstić information content (AvgIpc) is 3.49. The monoisotopic (exact) mass is 478 g/mol. The topological polar surface area (TPSA) is 77.5 Å². The number of aryl methyl sites for hydroxylation is 1. The van der Waals surface area contributed by atoms with E-state index in [1.54, 1.807) is 12.1 Å². The molecule has 1 saturated heterocycles. The van der Waals surface area contributed by atoms with Gasteiger partial charge in [-0.1, -0.05) is 30.3 Å². The second-order valence-corrected chi connectivity index (χ2v) is 9.41. The fourth-order valence-electron chi connectivity index (χ4n) is 4.06. The van der Waals surface area contributed by atoms with E-state index in [1.165, 1.54) is 29.5 Å². The predicted octanol–water partition coefficient (Wildman–Crippen LogP) is 5.09. The molecule has 0 bridgehead atoms. The van der Waals surface area contributed by atoms with Crippen molar-refractivity contribution in [3.63, 3.8) is 0 Å². The first-order valence-corrected chi connectivity index (χ1v) is 12.0. The van der Waals surface area contributed by atoms with E-state index >= 15 is 0 Å². The first-order chi connectivity index (χ1) is 16.5. The van der Waals surface area contributed by atoms with Crippen LogP contribution in [0.4, 0.5) is 4.39 Å². The Balaban J connectivity index is 1.41.